The van der Waals surface area contributed by atoms with E-state index < -0.39 is 0 Å². The topological polar surface area (TPSA) is 49.7 Å². The smallest absolute Gasteiger partial charge is 0.172 e. The van der Waals surface area contributed by atoms with Crippen LogP contribution in [-0.4, -0.2) is 10.2 Å². The van der Waals surface area contributed by atoms with E-state index in [-0.39, 0.29) is 5.75 Å². The van der Waals surface area contributed by atoms with Gasteiger partial charge in [0.05, 0.1) is 0 Å². The van der Waals surface area contributed by atoms with Gasteiger partial charge in [0.2, 0.25) is 0 Å². The Labute approximate surface area is 359 Å². The summed E-state index contributed by atoms with van der Waals surface area (Å²) in [6, 6.07) is 19.9. The maximum Gasteiger partial charge on any atom is 0.172 e. The molecule has 328 valence electrons. The predicted molar refractivity (Wildman–Crippen MR) is 254 cm³/mol. The quantitative estimate of drug-likeness (QED) is 0.0583. The maximum absolute atomic E-state index is 10.6. The van der Waals surface area contributed by atoms with E-state index in [4.69, 9.17) is 4.74 Å². The van der Waals surface area contributed by atoms with Crippen LogP contribution in [-0.2, 0) is 25.7 Å². The standard InChI is InChI=1S/C28H50O.C27H40O2/c1-3-5-7-9-11-13-14-16-18-20-24-27-26(23-21-25-28(27)29)22-19-17-15-12-10-8-6-4-2;1-3-5-7-9-10-11-16-20-25-23(17-13-8-6-4-2)21-22-26(28)27(25)29-24-18-14-12-15-19-24/h21,23,25,29H,3-20,22,24H2,1-2H3;12,14-15,18-19,21-22,28H,3-11,13,16-17,20H2,1-2H3. The maximum atomic E-state index is 10.6. The van der Waals surface area contributed by atoms with Crippen molar-refractivity contribution < 1.29 is 14.9 Å². The van der Waals surface area contributed by atoms with Crippen LogP contribution in [0.25, 0.3) is 0 Å². The molecule has 0 atom stereocenters. The van der Waals surface area contributed by atoms with Crippen molar-refractivity contribution in [2.24, 2.45) is 0 Å². The second-order valence-electron chi connectivity index (χ2n) is 17.2. The Balaban J connectivity index is 0.000000400. The molecule has 0 aliphatic rings. The van der Waals surface area contributed by atoms with E-state index in [1.807, 2.05) is 48.5 Å². The molecule has 0 amide bonds. The fourth-order valence-electron chi connectivity index (χ4n) is 8.27. The highest BCUT2D eigenvalue weighted by Gasteiger charge is 2.16. The second kappa shape index (κ2) is 36.0. The lowest BCUT2D eigenvalue weighted by Gasteiger charge is -2.17. The Hall–Kier alpha value is -2.94. The number of aryl methyl sites for hydroxylation is 2. The van der Waals surface area contributed by atoms with Crippen molar-refractivity contribution in [1.82, 2.24) is 0 Å². The van der Waals surface area contributed by atoms with Gasteiger partial charge in [-0.05, 0) is 92.3 Å². The van der Waals surface area contributed by atoms with Crippen LogP contribution in [0.5, 0.6) is 23.0 Å². The zero-order valence-corrected chi connectivity index (χ0v) is 38.4. The zero-order chi connectivity index (χ0) is 41.7. The Morgan fingerprint density at radius 1 is 0.328 bits per heavy atom. The number of aromatic hydroxyl groups is 2. The summed E-state index contributed by atoms with van der Waals surface area (Å²) < 4.78 is 6.17. The fourth-order valence-corrected chi connectivity index (χ4v) is 8.27. The number of hydrogen-bond donors (Lipinski definition) is 2. The first kappa shape index (κ1) is 51.2. The minimum Gasteiger partial charge on any atom is -0.508 e. The molecule has 3 rings (SSSR count). The van der Waals surface area contributed by atoms with Gasteiger partial charge in [-0.1, -0.05) is 225 Å². The van der Waals surface area contributed by atoms with E-state index in [2.05, 4.69) is 39.8 Å². The molecule has 0 aliphatic carbocycles. The van der Waals surface area contributed by atoms with Gasteiger partial charge in [-0.3, -0.25) is 0 Å². The summed E-state index contributed by atoms with van der Waals surface area (Å²) in [7, 11) is 0. The van der Waals surface area contributed by atoms with E-state index in [0.29, 0.717) is 11.5 Å². The number of benzene rings is 3. The number of phenolic OH excluding ortho intramolecular Hbond substituents is 2. The minimum atomic E-state index is 0.254. The van der Waals surface area contributed by atoms with E-state index >= 15 is 0 Å². The van der Waals surface area contributed by atoms with Crippen molar-refractivity contribution >= 4 is 0 Å². The van der Waals surface area contributed by atoms with Gasteiger partial charge >= 0.3 is 0 Å². The Kier molecular flexibility index (Phi) is 31.7. The van der Waals surface area contributed by atoms with Gasteiger partial charge in [0.1, 0.15) is 11.5 Å². The molecular formula is C55H90O3. The molecule has 0 radical (unpaired) electrons. The highest BCUT2D eigenvalue weighted by Crippen LogP contribution is 2.38. The van der Waals surface area contributed by atoms with Gasteiger partial charge in [-0.2, -0.15) is 0 Å². The van der Waals surface area contributed by atoms with Gasteiger partial charge in [0.25, 0.3) is 0 Å². The molecule has 3 nitrogen and oxygen atoms in total. The molecule has 58 heavy (non-hydrogen) atoms. The summed E-state index contributed by atoms with van der Waals surface area (Å²) in [5, 5.41) is 20.9. The van der Waals surface area contributed by atoms with Gasteiger partial charge < -0.3 is 14.9 Å². The van der Waals surface area contributed by atoms with Crippen LogP contribution in [0.4, 0.5) is 0 Å². The van der Waals surface area contributed by atoms with Crippen molar-refractivity contribution in [2.45, 2.75) is 240 Å². The van der Waals surface area contributed by atoms with Crippen molar-refractivity contribution in [3.63, 3.8) is 0 Å². The van der Waals surface area contributed by atoms with E-state index in [9.17, 15) is 10.2 Å². The zero-order valence-electron chi connectivity index (χ0n) is 38.4. The minimum absolute atomic E-state index is 0.254. The summed E-state index contributed by atoms with van der Waals surface area (Å²) in [4.78, 5) is 0. The molecule has 0 aliphatic heterocycles. The van der Waals surface area contributed by atoms with Gasteiger partial charge in [0, 0.05) is 5.56 Å². The third-order valence-electron chi connectivity index (χ3n) is 12.0. The van der Waals surface area contributed by atoms with Crippen molar-refractivity contribution in [3.05, 3.63) is 82.9 Å². The van der Waals surface area contributed by atoms with Crippen LogP contribution < -0.4 is 4.74 Å². The summed E-state index contributed by atoms with van der Waals surface area (Å²) in [5.41, 5.74) is 5.18. The van der Waals surface area contributed by atoms with E-state index in [1.54, 1.807) is 0 Å². The summed E-state index contributed by atoms with van der Waals surface area (Å²) in [5.74, 6) is 2.23. The van der Waals surface area contributed by atoms with Crippen molar-refractivity contribution in [2.75, 3.05) is 0 Å². The molecule has 2 N–H and O–H groups in total. The highest BCUT2D eigenvalue weighted by atomic mass is 16.5. The molecular weight excluding hydrogens is 709 g/mol. The first-order valence-electron chi connectivity index (χ1n) is 24.9. The first-order valence-corrected chi connectivity index (χ1v) is 24.9. The SMILES string of the molecule is CCCCCCCCCCCCc1c(O)cccc1CCCCCCCCCC.CCCCCCCCCc1c(CCCCCC)ccc(O)c1Oc1ccccc1. The van der Waals surface area contributed by atoms with Gasteiger partial charge in [-0.25, -0.2) is 0 Å². The molecule has 0 saturated heterocycles. The molecule has 3 heteroatoms. The van der Waals surface area contributed by atoms with Crippen LogP contribution >= 0.6 is 0 Å². The molecule has 0 fully saturated rings. The average Bonchev–Trinajstić information content (AvgIpc) is 3.24. The van der Waals surface area contributed by atoms with Gasteiger partial charge in [0.15, 0.2) is 11.5 Å². The fraction of sp³-hybridized carbons (Fsp3) is 0.673. The highest BCUT2D eigenvalue weighted by molar-refractivity contribution is 5.52. The monoisotopic (exact) mass is 799 g/mol. The third-order valence-corrected chi connectivity index (χ3v) is 12.0. The number of ether oxygens (including phenoxy) is 1. The van der Waals surface area contributed by atoms with Crippen molar-refractivity contribution in [3.8, 4) is 23.0 Å². The van der Waals surface area contributed by atoms with Crippen LogP contribution in [0.1, 0.15) is 236 Å². The number of hydrogen-bond acceptors (Lipinski definition) is 3. The Morgan fingerprint density at radius 3 is 1.17 bits per heavy atom. The number of unbranched alkanes of at least 4 members (excludes halogenated alkanes) is 25. The molecule has 0 bridgehead atoms. The molecule has 0 saturated carbocycles. The van der Waals surface area contributed by atoms with Crippen molar-refractivity contribution in [1.29, 1.82) is 0 Å². The molecule has 3 aromatic carbocycles. The Morgan fingerprint density at radius 2 is 0.707 bits per heavy atom. The summed E-state index contributed by atoms with van der Waals surface area (Å²) >= 11 is 0. The number of phenols is 2. The summed E-state index contributed by atoms with van der Waals surface area (Å²) in [6.07, 6.45) is 42.9. The lowest BCUT2D eigenvalue weighted by Crippen LogP contribution is -2.00. The predicted octanol–water partition coefficient (Wildman–Crippen LogP) is 18.1. The number of para-hydroxylation sites is 1. The molecule has 3 aromatic rings. The van der Waals surface area contributed by atoms with Crippen LogP contribution in [0.3, 0.4) is 0 Å². The van der Waals surface area contributed by atoms with Crippen LogP contribution in [0, 0.1) is 0 Å². The lowest BCUT2D eigenvalue weighted by atomic mass is 9.95. The van der Waals surface area contributed by atoms with E-state index in [0.717, 1.165) is 37.9 Å². The first-order chi connectivity index (χ1) is 28.5. The Bertz CT molecular complexity index is 1360. The second-order valence-corrected chi connectivity index (χ2v) is 17.2. The van der Waals surface area contributed by atoms with Crippen LogP contribution in [0.2, 0.25) is 0 Å². The number of rotatable bonds is 35. The van der Waals surface area contributed by atoms with Gasteiger partial charge in [-0.15, -0.1) is 0 Å². The lowest BCUT2D eigenvalue weighted by molar-refractivity contribution is 0.405. The molecule has 0 heterocycles. The third kappa shape index (κ3) is 24.2. The largest absolute Gasteiger partial charge is 0.508 e. The van der Waals surface area contributed by atoms with E-state index in [1.165, 1.54) is 202 Å². The molecule has 0 aromatic heterocycles. The molecule has 0 spiro atoms. The van der Waals surface area contributed by atoms with Crippen LogP contribution in [0.15, 0.2) is 60.7 Å². The summed E-state index contributed by atoms with van der Waals surface area (Å²) in [6.45, 7) is 9.07. The normalized spacial score (nSPS) is 11.1. The molecule has 0 unspecified atom stereocenters. The average molecular weight is 799 g/mol.